The van der Waals surface area contributed by atoms with E-state index in [0.29, 0.717) is 31.6 Å². The van der Waals surface area contributed by atoms with Crippen molar-refractivity contribution < 1.29 is 18.0 Å². The lowest BCUT2D eigenvalue weighted by Gasteiger charge is -2.30. The molecule has 0 fully saturated rings. The van der Waals surface area contributed by atoms with E-state index in [4.69, 9.17) is 0 Å². The fourth-order valence-electron chi connectivity index (χ4n) is 4.51. The van der Waals surface area contributed by atoms with Crippen molar-refractivity contribution in [3.05, 3.63) is 65.7 Å². The number of rotatable bonds is 6. The third-order valence-electron chi connectivity index (χ3n) is 6.26. The van der Waals surface area contributed by atoms with E-state index in [2.05, 4.69) is 0 Å². The van der Waals surface area contributed by atoms with Gasteiger partial charge in [-0.05, 0) is 36.0 Å². The molecule has 6 nitrogen and oxygen atoms in total. The van der Waals surface area contributed by atoms with Crippen LogP contribution in [0.25, 0.3) is 0 Å². The van der Waals surface area contributed by atoms with Gasteiger partial charge in [0, 0.05) is 31.7 Å². The third kappa shape index (κ3) is 8.49. The Morgan fingerprint density at radius 1 is 0.829 bits per heavy atom. The summed E-state index contributed by atoms with van der Waals surface area (Å²) in [5, 5.41) is 0. The highest BCUT2D eigenvalue weighted by atomic mass is 32.2. The molecule has 0 unspecified atom stereocenters. The third-order valence-corrected chi connectivity index (χ3v) is 7.72. The number of carbonyl (C=O) groups is 2. The van der Waals surface area contributed by atoms with E-state index in [1.165, 1.54) is 0 Å². The molecule has 0 radical (unpaired) electrons. The Kier molecular flexibility index (Phi) is 9.90. The predicted octanol–water partition coefficient (Wildman–Crippen LogP) is 4.97. The number of fused-ring (bicyclic) bond motifs is 1. The van der Waals surface area contributed by atoms with Gasteiger partial charge < -0.3 is 9.80 Å². The highest BCUT2D eigenvalue weighted by Crippen LogP contribution is 2.26. The Balaban J connectivity index is 1.84. The molecule has 0 N–H and O–H groups in total. The highest BCUT2D eigenvalue weighted by molar-refractivity contribution is 7.91. The molecule has 35 heavy (non-hydrogen) atoms. The molecule has 0 atom stereocenters. The van der Waals surface area contributed by atoms with Crippen LogP contribution in [0.4, 0.5) is 5.69 Å². The summed E-state index contributed by atoms with van der Waals surface area (Å²) in [6.07, 6.45) is 5.27. The van der Waals surface area contributed by atoms with Gasteiger partial charge >= 0.3 is 0 Å². The van der Waals surface area contributed by atoms with E-state index in [1.807, 2.05) is 49.1 Å². The van der Waals surface area contributed by atoms with Crippen molar-refractivity contribution in [3.63, 3.8) is 0 Å². The lowest BCUT2D eigenvalue weighted by molar-refractivity contribution is -0.129. The minimum Gasteiger partial charge on any atom is -0.337 e. The van der Waals surface area contributed by atoms with Crippen molar-refractivity contribution in [1.29, 1.82) is 0 Å². The summed E-state index contributed by atoms with van der Waals surface area (Å²) < 4.78 is 25.6. The van der Waals surface area contributed by atoms with Crippen LogP contribution in [-0.4, -0.2) is 44.0 Å². The first-order valence-corrected chi connectivity index (χ1v) is 14.5. The van der Waals surface area contributed by atoms with Gasteiger partial charge in [-0.3, -0.25) is 9.59 Å². The summed E-state index contributed by atoms with van der Waals surface area (Å²) in [6, 6.07) is 16.7. The molecular formula is C28H38N2O4S. The van der Waals surface area contributed by atoms with Gasteiger partial charge in [0.25, 0.3) is 0 Å². The number of amides is 2. The maximum atomic E-state index is 13.3. The first-order chi connectivity index (χ1) is 16.7. The van der Waals surface area contributed by atoms with Gasteiger partial charge in [-0.2, -0.15) is 0 Å². The molecule has 1 aliphatic heterocycles. The van der Waals surface area contributed by atoms with E-state index >= 15 is 0 Å². The largest absolute Gasteiger partial charge is 0.337 e. The molecule has 2 aromatic carbocycles. The van der Waals surface area contributed by atoms with E-state index in [9.17, 15) is 18.0 Å². The van der Waals surface area contributed by atoms with Crippen LogP contribution in [0.3, 0.4) is 0 Å². The molecule has 190 valence electrons. The molecule has 0 spiro atoms. The van der Waals surface area contributed by atoms with E-state index in [1.54, 1.807) is 29.2 Å². The number of hydrogen-bond acceptors (Lipinski definition) is 4. The minimum atomic E-state index is -3.60. The normalized spacial score (nSPS) is 15.7. The molecule has 0 bridgehead atoms. The number of hydrogen-bond donors (Lipinski definition) is 0. The Labute approximate surface area is 210 Å². The zero-order valence-electron chi connectivity index (χ0n) is 21.0. The van der Waals surface area contributed by atoms with Crippen molar-refractivity contribution in [2.75, 3.05) is 23.7 Å². The molecule has 0 aromatic heterocycles. The van der Waals surface area contributed by atoms with Crippen LogP contribution >= 0.6 is 0 Å². The van der Waals surface area contributed by atoms with Crippen LogP contribution in [-0.2, 0) is 31.7 Å². The van der Waals surface area contributed by atoms with Crippen molar-refractivity contribution in [2.24, 2.45) is 5.92 Å². The number of carbonyl (C=O) groups excluding carboxylic acids is 2. The van der Waals surface area contributed by atoms with Gasteiger partial charge in [0.1, 0.15) is 5.75 Å². The maximum Gasteiger partial charge on any atom is 0.238 e. The van der Waals surface area contributed by atoms with Crippen LogP contribution < -0.4 is 4.90 Å². The topological polar surface area (TPSA) is 74.8 Å². The number of benzene rings is 2. The van der Waals surface area contributed by atoms with Gasteiger partial charge in [0.15, 0.2) is 9.84 Å². The van der Waals surface area contributed by atoms with Gasteiger partial charge in [-0.25, -0.2) is 8.42 Å². The Hall–Kier alpha value is -2.67. The Morgan fingerprint density at radius 3 is 2.17 bits per heavy atom. The van der Waals surface area contributed by atoms with Crippen molar-refractivity contribution in [2.45, 2.75) is 64.7 Å². The van der Waals surface area contributed by atoms with Crippen LogP contribution in [0.1, 0.15) is 63.5 Å². The van der Waals surface area contributed by atoms with Crippen molar-refractivity contribution in [3.8, 4) is 0 Å². The second-order valence-corrected chi connectivity index (χ2v) is 11.9. The van der Waals surface area contributed by atoms with Gasteiger partial charge in [-0.1, -0.05) is 81.6 Å². The smallest absolute Gasteiger partial charge is 0.238 e. The zero-order valence-corrected chi connectivity index (χ0v) is 21.8. The number of nitrogens with zero attached hydrogens (tertiary/aromatic N) is 2. The zero-order chi connectivity index (χ0) is 25.3. The fraction of sp³-hybridized carbons (Fsp3) is 0.500. The first-order valence-electron chi connectivity index (χ1n) is 12.7. The predicted molar refractivity (Wildman–Crippen MR) is 141 cm³/mol. The summed E-state index contributed by atoms with van der Waals surface area (Å²) in [5.74, 6) is -0.703. The average molecular weight is 499 g/mol. The molecule has 1 aliphatic rings. The first kappa shape index (κ1) is 26.9. The molecule has 0 aliphatic carbocycles. The van der Waals surface area contributed by atoms with Crippen molar-refractivity contribution in [1.82, 2.24) is 4.90 Å². The molecule has 2 aromatic rings. The Bertz CT molecular complexity index is 1080. The van der Waals surface area contributed by atoms with E-state index in [-0.39, 0.29) is 23.5 Å². The maximum absolute atomic E-state index is 13.3. The quantitative estimate of drug-likeness (QED) is 0.563. The summed E-state index contributed by atoms with van der Waals surface area (Å²) in [5.41, 5.74) is 2.38. The SMILES string of the molecule is CC(C)CC(=O)N1CCCCCCCN(C(=O)CS(=O)(=O)Cc2ccccc2)Cc2ccccc21. The summed E-state index contributed by atoms with van der Waals surface area (Å²) in [7, 11) is -3.60. The lowest BCUT2D eigenvalue weighted by Crippen LogP contribution is -2.38. The minimum absolute atomic E-state index is 0.0906. The fourth-order valence-corrected chi connectivity index (χ4v) is 5.87. The molecule has 0 saturated heterocycles. The molecule has 1 heterocycles. The monoisotopic (exact) mass is 498 g/mol. The van der Waals surface area contributed by atoms with Gasteiger partial charge in [0.2, 0.25) is 11.8 Å². The van der Waals surface area contributed by atoms with Crippen LogP contribution in [0, 0.1) is 5.92 Å². The van der Waals surface area contributed by atoms with Gasteiger partial charge in [-0.15, -0.1) is 0 Å². The second kappa shape index (κ2) is 12.9. The summed E-state index contributed by atoms with van der Waals surface area (Å²) in [4.78, 5) is 29.9. The number of anilines is 1. The van der Waals surface area contributed by atoms with E-state index in [0.717, 1.165) is 43.4 Å². The summed E-state index contributed by atoms with van der Waals surface area (Å²) >= 11 is 0. The lowest BCUT2D eigenvalue weighted by atomic mass is 10.0. The molecule has 7 heteroatoms. The van der Waals surface area contributed by atoms with Crippen LogP contribution in [0.2, 0.25) is 0 Å². The molecule has 0 saturated carbocycles. The standard InChI is InChI=1S/C28H38N2O4S/c1-23(2)19-27(31)30-18-12-5-3-4-11-17-29(20-25-15-9-10-16-26(25)30)28(32)22-35(33,34)21-24-13-7-6-8-14-24/h6-10,13-16,23H,3-5,11-12,17-22H2,1-2H3. The molecular weight excluding hydrogens is 460 g/mol. The highest BCUT2D eigenvalue weighted by Gasteiger charge is 2.25. The second-order valence-electron chi connectivity index (χ2n) is 9.87. The molecule has 3 rings (SSSR count). The Morgan fingerprint density at radius 2 is 1.46 bits per heavy atom. The number of para-hydroxylation sites is 1. The number of sulfone groups is 1. The van der Waals surface area contributed by atoms with Crippen molar-refractivity contribution >= 4 is 27.3 Å². The summed E-state index contributed by atoms with van der Waals surface area (Å²) in [6.45, 7) is 5.53. The average Bonchev–Trinajstić information content (AvgIpc) is 2.79. The van der Waals surface area contributed by atoms with Gasteiger partial charge in [0.05, 0.1) is 5.75 Å². The van der Waals surface area contributed by atoms with E-state index < -0.39 is 15.6 Å². The van der Waals surface area contributed by atoms with Crippen LogP contribution in [0.5, 0.6) is 0 Å². The van der Waals surface area contributed by atoms with Crippen LogP contribution in [0.15, 0.2) is 54.6 Å². The molecule has 2 amide bonds.